The van der Waals surface area contributed by atoms with E-state index >= 15 is 0 Å². The van der Waals surface area contributed by atoms with Gasteiger partial charge in [-0.1, -0.05) is 30.3 Å². The van der Waals surface area contributed by atoms with E-state index in [0.29, 0.717) is 11.4 Å². The van der Waals surface area contributed by atoms with Crippen LogP contribution in [-0.2, 0) is 11.3 Å². The van der Waals surface area contributed by atoms with Gasteiger partial charge in [0.15, 0.2) is 0 Å². The van der Waals surface area contributed by atoms with Crippen LogP contribution in [0.2, 0.25) is 0 Å². The molecule has 0 unspecified atom stereocenters. The molecule has 1 aliphatic rings. The van der Waals surface area contributed by atoms with Crippen molar-refractivity contribution in [3.05, 3.63) is 52.4 Å². The Hall–Kier alpha value is -2.14. The molecule has 0 aliphatic heterocycles. The number of carbonyl (C=O) groups is 2. The van der Waals surface area contributed by atoms with Crippen LogP contribution in [-0.4, -0.2) is 11.8 Å². The molecule has 0 spiro atoms. The van der Waals surface area contributed by atoms with Gasteiger partial charge in [0.05, 0.1) is 9.88 Å². The van der Waals surface area contributed by atoms with E-state index in [-0.39, 0.29) is 17.7 Å². The fourth-order valence-corrected chi connectivity index (χ4v) is 3.19. The van der Waals surface area contributed by atoms with Gasteiger partial charge >= 0.3 is 0 Å². The van der Waals surface area contributed by atoms with Crippen molar-refractivity contribution in [2.24, 2.45) is 5.92 Å². The fourth-order valence-electron chi connectivity index (χ4n) is 2.20. The van der Waals surface area contributed by atoms with E-state index in [0.717, 1.165) is 29.0 Å². The van der Waals surface area contributed by atoms with Crippen LogP contribution in [0.3, 0.4) is 0 Å². The molecule has 1 heterocycles. The maximum Gasteiger partial charge on any atom is 0.261 e. The van der Waals surface area contributed by atoms with Crippen molar-refractivity contribution in [3.8, 4) is 0 Å². The lowest BCUT2D eigenvalue weighted by molar-refractivity contribution is -0.117. The summed E-state index contributed by atoms with van der Waals surface area (Å²) in [5, 5.41) is 6.56. The van der Waals surface area contributed by atoms with Gasteiger partial charge in [-0.2, -0.15) is 0 Å². The Morgan fingerprint density at radius 3 is 2.64 bits per heavy atom. The van der Waals surface area contributed by atoms with Gasteiger partial charge in [-0.3, -0.25) is 9.59 Å². The summed E-state index contributed by atoms with van der Waals surface area (Å²) in [6.45, 7) is 2.39. The Balaban J connectivity index is 1.62. The van der Waals surface area contributed by atoms with Gasteiger partial charge in [-0.25, -0.2) is 0 Å². The minimum Gasteiger partial charge on any atom is -0.347 e. The maximum absolute atomic E-state index is 12.3. The third-order valence-corrected chi connectivity index (χ3v) is 4.77. The molecule has 0 radical (unpaired) electrons. The highest BCUT2D eigenvalue weighted by molar-refractivity contribution is 7.18. The van der Waals surface area contributed by atoms with E-state index < -0.39 is 0 Å². The zero-order valence-corrected chi connectivity index (χ0v) is 13.2. The number of aryl methyl sites for hydroxylation is 1. The summed E-state index contributed by atoms with van der Waals surface area (Å²) in [6.07, 6.45) is 1.95. The molecule has 0 atom stereocenters. The molecule has 2 amide bonds. The normalized spacial score (nSPS) is 13.7. The molecule has 2 aromatic rings. The van der Waals surface area contributed by atoms with Crippen molar-refractivity contribution >= 4 is 28.2 Å². The van der Waals surface area contributed by atoms with E-state index in [1.165, 1.54) is 11.3 Å². The molecular formula is C17H18N2O2S. The average molecular weight is 314 g/mol. The second kappa shape index (κ2) is 6.32. The molecule has 2 N–H and O–H groups in total. The number of anilines is 1. The van der Waals surface area contributed by atoms with Crippen LogP contribution in [0.15, 0.2) is 36.4 Å². The monoisotopic (exact) mass is 314 g/mol. The van der Waals surface area contributed by atoms with Gasteiger partial charge in [0.25, 0.3) is 5.91 Å². The second-order valence-electron chi connectivity index (χ2n) is 5.55. The smallest absolute Gasteiger partial charge is 0.261 e. The number of carbonyl (C=O) groups excluding carboxylic acids is 2. The first-order chi connectivity index (χ1) is 10.6. The minimum absolute atomic E-state index is 0.0671. The number of benzene rings is 1. The van der Waals surface area contributed by atoms with E-state index in [2.05, 4.69) is 10.6 Å². The summed E-state index contributed by atoms with van der Waals surface area (Å²) >= 11 is 1.33. The van der Waals surface area contributed by atoms with Crippen molar-refractivity contribution in [2.75, 3.05) is 5.32 Å². The lowest BCUT2D eigenvalue weighted by Gasteiger charge is -2.04. The topological polar surface area (TPSA) is 58.2 Å². The van der Waals surface area contributed by atoms with E-state index in [9.17, 15) is 9.59 Å². The van der Waals surface area contributed by atoms with Crippen molar-refractivity contribution < 1.29 is 9.59 Å². The number of rotatable bonds is 5. The van der Waals surface area contributed by atoms with Crippen LogP contribution in [0.1, 0.15) is 33.6 Å². The Morgan fingerprint density at radius 2 is 1.95 bits per heavy atom. The molecule has 3 rings (SSSR count). The van der Waals surface area contributed by atoms with Crippen LogP contribution >= 0.6 is 11.3 Å². The Morgan fingerprint density at radius 1 is 1.23 bits per heavy atom. The summed E-state index contributed by atoms with van der Waals surface area (Å²) in [4.78, 5) is 24.7. The number of hydrogen-bond donors (Lipinski definition) is 2. The summed E-state index contributed by atoms with van der Waals surface area (Å²) in [6, 6.07) is 11.7. The van der Waals surface area contributed by atoms with Gasteiger partial charge in [-0.05, 0) is 37.0 Å². The molecule has 22 heavy (non-hydrogen) atoms. The van der Waals surface area contributed by atoms with Crippen molar-refractivity contribution in [3.63, 3.8) is 0 Å². The molecule has 1 aromatic heterocycles. The molecule has 4 nitrogen and oxygen atoms in total. The zero-order valence-electron chi connectivity index (χ0n) is 12.4. The molecule has 1 aliphatic carbocycles. The Bertz CT molecular complexity index is 690. The van der Waals surface area contributed by atoms with E-state index in [1.807, 2.05) is 43.3 Å². The summed E-state index contributed by atoms with van der Waals surface area (Å²) in [7, 11) is 0. The van der Waals surface area contributed by atoms with Crippen molar-refractivity contribution in [1.29, 1.82) is 0 Å². The molecule has 0 bridgehead atoms. The SMILES string of the molecule is Cc1cc(NC(=O)C2CC2)sc1C(=O)NCc1ccccc1. The first kappa shape index (κ1) is 14.8. The molecule has 1 aromatic carbocycles. The standard InChI is InChI=1S/C17H18N2O2S/c1-11-9-14(19-16(20)13-7-8-13)22-15(11)17(21)18-10-12-5-3-2-4-6-12/h2-6,9,13H,7-8,10H2,1H3,(H,18,21)(H,19,20). The van der Waals surface area contributed by atoms with Gasteiger partial charge in [0, 0.05) is 12.5 Å². The van der Waals surface area contributed by atoms with E-state index in [4.69, 9.17) is 0 Å². The molecular weight excluding hydrogens is 296 g/mol. The highest BCUT2D eigenvalue weighted by Crippen LogP contribution is 2.32. The predicted octanol–water partition coefficient (Wildman–Crippen LogP) is 3.34. The second-order valence-corrected chi connectivity index (χ2v) is 6.61. The van der Waals surface area contributed by atoms with Crippen molar-refractivity contribution in [1.82, 2.24) is 5.32 Å². The van der Waals surface area contributed by atoms with Gasteiger partial charge in [0.2, 0.25) is 5.91 Å². The summed E-state index contributed by atoms with van der Waals surface area (Å²) in [5.74, 6) is 0.133. The van der Waals surface area contributed by atoms with Crippen LogP contribution < -0.4 is 10.6 Å². The van der Waals surface area contributed by atoms with Crippen LogP contribution in [0.25, 0.3) is 0 Å². The van der Waals surface area contributed by atoms with Crippen LogP contribution in [0.4, 0.5) is 5.00 Å². The maximum atomic E-state index is 12.3. The first-order valence-corrected chi connectivity index (χ1v) is 8.18. The highest BCUT2D eigenvalue weighted by atomic mass is 32.1. The lowest BCUT2D eigenvalue weighted by atomic mass is 10.2. The molecule has 0 saturated heterocycles. The molecule has 1 saturated carbocycles. The first-order valence-electron chi connectivity index (χ1n) is 7.37. The quantitative estimate of drug-likeness (QED) is 0.889. The number of hydrogen-bond acceptors (Lipinski definition) is 3. The number of thiophene rings is 1. The summed E-state index contributed by atoms with van der Waals surface area (Å²) in [5.41, 5.74) is 1.95. The molecule has 5 heteroatoms. The van der Waals surface area contributed by atoms with Crippen LogP contribution in [0, 0.1) is 12.8 Å². The number of nitrogens with one attached hydrogen (secondary N) is 2. The largest absolute Gasteiger partial charge is 0.347 e. The van der Waals surface area contributed by atoms with Gasteiger partial charge < -0.3 is 10.6 Å². The third-order valence-electron chi connectivity index (χ3n) is 3.61. The molecule has 114 valence electrons. The predicted molar refractivity (Wildman–Crippen MR) is 88.0 cm³/mol. The van der Waals surface area contributed by atoms with Crippen LogP contribution in [0.5, 0.6) is 0 Å². The van der Waals surface area contributed by atoms with Gasteiger partial charge in [-0.15, -0.1) is 11.3 Å². The lowest BCUT2D eigenvalue weighted by Crippen LogP contribution is -2.22. The van der Waals surface area contributed by atoms with Crippen molar-refractivity contribution in [2.45, 2.75) is 26.3 Å². The Labute approximate surface area is 133 Å². The zero-order chi connectivity index (χ0) is 15.5. The Kier molecular flexibility index (Phi) is 4.24. The number of amides is 2. The summed E-state index contributed by atoms with van der Waals surface area (Å²) < 4.78 is 0. The minimum atomic E-state index is -0.0988. The van der Waals surface area contributed by atoms with E-state index in [1.54, 1.807) is 0 Å². The fraction of sp³-hybridized carbons (Fsp3) is 0.294. The third kappa shape index (κ3) is 3.54. The molecule has 1 fully saturated rings. The highest BCUT2D eigenvalue weighted by Gasteiger charge is 2.30. The van der Waals surface area contributed by atoms with Gasteiger partial charge in [0.1, 0.15) is 0 Å². The average Bonchev–Trinajstić information content (AvgIpc) is 3.30.